The average molecular weight is 338 g/mol. The highest BCUT2D eigenvalue weighted by atomic mass is 16.1. The van der Waals surface area contributed by atoms with Crippen LogP contribution in [0.25, 0.3) is 0 Å². The van der Waals surface area contributed by atoms with Gasteiger partial charge in [-0.05, 0) is 31.1 Å². The van der Waals surface area contributed by atoms with Crippen LogP contribution in [-0.4, -0.2) is 36.5 Å². The summed E-state index contributed by atoms with van der Waals surface area (Å²) in [6.07, 6.45) is 0.471. The molecule has 2 aromatic carbocycles. The van der Waals surface area contributed by atoms with Crippen LogP contribution in [0, 0.1) is 0 Å². The Bertz CT molecular complexity index is 583. The quantitative estimate of drug-likeness (QED) is 0.748. The van der Waals surface area contributed by atoms with Crippen molar-refractivity contribution in [1.82, 2.24) is 10.2 Å². The van der Waals surface area contributed by atoms with Gasteiger partial charge in [0, 0.05) is 24.9 Å². The van der Waals surface area contributed by atoms with Crippen LogP contribution in [0.1, 0.15) is 44.2 Å². The van der Waals surface area contributed by atoms with Gasteiger partial charge in [-0.1, -0.05) is 74.5 Å². The van der Waals surface area contributed by atoms with Crippen LogP contribution >= 0.6 is 0 Å². The molecule has 2 rings (SSSR count). The van der Waals surface area contributed by atoms with Gasteiger partial charge in [-0.2, -0.15) is 0 Å². The van der Waals surface area contributed by atoms with E-state index in [1.807, 2.05) is 36.4 Å². The number of hydrogen-bond donors (Lipinski definition) is 1. The molecule has 1 atom stereocenters. The minimum absolute atomic E-state index is 0.0890. The van der Waals surface area contributed by atoms with Gasteiger partial charge in [-0.15, -0.1) is 0 Å². The molecule has 0 aliphatic rings. The zero-order valence-electron chi connectivity index (χ0n) is 15.6. The highest BCUT2D eigenvalue weighted by Gasteiger charge is 2.19. The fourth-order valence-electron chi connectivity index (χ4n) is 3.29. The maximum Gasteiger partial charge on any atom is 0.221 e. The molecule has 0 aliphatic carbocycles. The predicted molar refractivity (Wildman–Crippen MR) is 105 cm³/mol. The van der Waals surface area contributed by atoms with Crippen LogP contribution in [-0.2, 0) is 4.79 Å². The largest absolute Gasteiger partial charge is 0.355 e. The predicted octanol–water partition coefficient (Wildman–Crippen LogP) is 4.06. The van der Waals surface area contributed by atoms with Crippen molar-refractivity contribution < 1.29 is 4.79 Å². The Morgan fingerprint density at radius 1 is 0.920 bits per heavy atom. The molecule has 0 fully saturated rings. The zero-order valence-corrected chi connectivity index (χ0v) is 15.6. The molecule has 3 nitrogen and oxygen atoms in total. The number of amides is 1. The van der Waals surface area contributed by atoms with E-state index in [0.29, 0.717) is 19.0 Å². The van der Waals surface area contributed by atoms with Crippen molar-refractivity contribution in [1.29, 1.82) is 0 Å². The lowest BCUT2D eigenvalue weighted by molar-refractivity contribution is -0.121. The van der Waals surface area contributed by atoms with Gasteiger partial charge in [-0.3, -0.25) is 9.69 Å². The Hall–Kier alpha value is -2.13. The van der Waals surface area contributed by atoms with Gasteiger partial charge >= 0.3 is 0 Å². The van der Waals surface area contributed by atoms with Crippen LogP contribution in [0.15, 0.2) is 60.7 Å². The topological polar surface area (TPSA) is 32.3 Å². The number of rotatable bonds is 9. The lowest BCUT2D eigenvalue weighted by Crippen LogP contribution is -2.42. The maximum atomic E-state index is 12.6. The van der Waals surface area contributed by atoms with Gasteiger partial charge in [0.2, 0.25) is 5.91 Å². The Morgan fingerprint density at radius 2 is 1.40 bits per heavy atom. The average Bonchev–Trinajstić information content (AvgIpc) is 2.67. The van der Waals surface area contributed by atoms with Crippen LogP contribution < -0.4 is 5.32 Å². The summed E-state index contributed by atoms with van der Waals surface area (Å²) in [4.78, 5) is 14.9. The fraction of sp³-hybridized carbons (Fsp3) is 0.409. The van der Waals surface area contributed by atoms with Gasteiger partial charge in [0.05, 0.1) is 0 Å². The minimum Gasteiger partial charge on any atom is -0.355 e. The van der Waals surface area contributed by atoms with Gasteiger partial charge < -0.3 is 5.32 Å². The van der Waals surface area contributed by atoms with E-state index in [1.54, 1.807) is 0 Å². The Balaban J connectivity index is 2.03. The molecule has 0 aliphatic heterocycles. The van der Waals surface area contributed by atoms with E-state index in [-0.39, 0.29) is 11.8 Å². The highest BCUT2D eigenvalue weighted by molar-refractivity contribution is 5.77. The van der Waals surface area contributed by atoms with E-state index in [0.717, 1.165) is 13.1 Å². The molecule has 0 heterocycles. The van der Waals surface area contributed by atoms with E-state index >= 15 is 0 Å². The summed E-state index contributed by atoms with van der Waals surface area (Å²) in [5.74, 6) is 0.197. The molecule has 1 unspecified atom stereocenters. The van der Waals surface area contributed by atoms with Gasteiger partial charge in [-0.25, -0.2) is 0 Å². The zero-order chi connectivity index (χ0) is 18.1. The molecular formula is C22H30N2O. The maximum absolute atomic E-state index is 12.6. The fourth-order valence-corrected chi connectivity index (χ4v) is 3.29. The SMILES string of the molecule is CCN(CC)C(C)CNC(=O)CC(c1ccccc1)c1ccccc1. The van der Waals surface area contributed by atoms with E-state index in [1.165, 1.54) is 11.1 Å². The second-order valence-electron chi connectivity index (χ2n) is 6.45. The van der Waals surface area contributed by atoms with E-state index < -0.39 is 0 Å². The summed E-state index contributed by atoms with van der Waals surface area (Å²) >= 11 is 0. The number of carbonyl (C=O) groups is 1. The first-order chi connectivity index (χ1) is 12.2. The van der Waals surface area contributed by atoms with Gasteiger partial charge in [0.25, 0.3) is 0 Å². The monoisotopic (exact) mass is 338 g/mol. The third-order valence-corrected chi connectivity index (χ3v) is 4.82. The molecule has 1 N–H and O–H groups in total. The molecule has 2 aromatic rings. The number of likely N-dealkylation sites (N-methyl/N-ethyl adjacent to an activating group) is 1. The standard InChI is InChI=1S/C22H30N2O/c1-4-24(5-2)18(3)17-23-22(25)16-21(19-12-8-6-9-13-19)20-14-10-7-11-15-20/h6-15,18,21H,4-5,16-17H2,1-3H3,(H,23,25). The number of nitrogens with one attached hydrogen (secondary N) is 1. The molecular weight excluding hydrogens is 308 g/mol. The summed E-state index contributed by atoms with van der Waals surface area (Å²) in [5, 5.41) is 3.12. The summed E-state index contributed by atoms with van der Waals surface area (Å²) in [7, 11) is 0. The molecule has 0 aromatic heterocycles. The second kappa shape index (κ2) is 10.00. The summed E-state index contributed by atoms with van der Waals surface area (Å²) < 4.78 is 0. The van der Waals surface area contributed by atoms with Crippen molar-refractivity contribution in [3.63, 3.8) is 0 Å². The van der Waals surface area contributed by atoms with Gasteiger partial charge in [0.1, 0.15) is 0 Å². The first-order valence-corrected chi connectivity index (χ1v) is 9.26. The Labute approximate surface area is 152 Å². The molecule has 134 valence electrons. The van der Waals surface area contributed by atoms with Crippen molar-refractivity contribution in [2.75, 3.05) is 19.6 Å². The normalized spacial score (nSPS) is 12.4. The number of benzene rings is 2. The number of hydrogen-bond acceptors (Lipinski definition) is 2. The molecule has 3 heteroatoms. The minimum atomic E-state index is 0.0890. The first kappa shape index (κ1) is 19.2. The third kappa shape index (κ3) is 5.71. The summed E-state index contributed by atoms with van der Waals surface area (Å²) in [5.41, 5.74) is 2.36. The van der Waals surface area contributed by atoms with Crippen molar-refractivity contribution in [3.05, 3.63) is 71.8 Å². The lowest BCUT2D eigenvalue weighted by Gasteiger charge is -2.27. The first-order valence-electron chi connectivity index (χ1n) is 9.26. The van der Waals surface area contributed by atoms with E-state index in [2.05, 4.69) is 55.3 Å². The van der Waals surface area contributed by atoms with Crippen molar-refractivity contribution >= 4 is 5.91 Å². The molecule has 0 saturated carbocycles. The second-order valence-corrected chi connectivity index (χ2v) is 6.45. The molecule has 25 heavy (non-hydrogen) atoms. The van der Waals surface area contributed by atoms with Crippen molar-refractivity contribution in [2.24, 2.45) is 0 Å². The van der Waals surface area contributed by atoms with Crippen molar-refractivity contribution in [3.8, 4) is 0 Å². The Morgan fingerprint density at radius 3 is 1.84 bits per heavy atom. The van der Waals surface area contributed by atoms with E-state index in [9.17, 15) is 4.79 Å². The van der Waals surface area contributed by atoms with E-state index in [4.69, 9.17) is 0 Å². The van der Waals surface area contributed by atoms with Crippen LogP contribution in [0.5, 0.6) is 0 Å². The molecule has 0 radical (unpaired) electrons. The summed E-state index contributed by atoms with van der Waals surface area (Å²) in [6.45, 7) is 9.18. The smallest absolute Gasteiger partial charge is 0.221 e. The van der Waals surface area contributed by atoms with Crippen LogP contribution in [0.2, 0.25) is 0 Å². The van der Waals surface area contributed by atoms with Crippen LogP contribution in [0.4, 0.5) is 0 Å². The third-order valence-electron chi connectivity index (χ3n) is 4.82. The number of carbonyl (C=O) groups excluding carboxylic acids is 1. The van der Waals surface area contributed by atoms with Crippen molar-refractivity contribution in [2.45, 2.75) is 39.2 Å². The van der Waals surface area contributed by atoms with Gasteiger partial charge in [0.15, 0.2) is 0 Å². The lowest BCUT2D eigenvalue weighted by atomic mass is 9.88. The number of nitrogens with zero attached hydrogens (tertiary/aromatic N) is 1. The highest BCUT2D eigenvalue weighted by Crippen LogP contribution is 2.27. The molecule has 0 spiro atoms. The summed E-state index contributed by atoms with van der Waals surface area (Å²) in [6, 6.07) is 20.9. The molecule has 1 amide bonds. The Kier molecular flexibility index (Phi) is 7.68. The molecule has 0 bridgehead atoms. The molecule has 0 saturated heterocycles. The van der Waals surface area contributed by atoms with Crippen LogP contribution in [0.3, 0.4) is 0 Å².